The van der Waals surface area contributed by atoms with Gasteiger partial charge in [0.25, 0.3) is 0 Å². The maximum Gasteiger partial charge on any atom is 0.404 e. The summed E-state index contributed by atoms with van der Waals surface area (Å²) in [7, 11) is 0. The number of rotatable bonds is 9. The van der Waals surface area contributed by atoms with Crippen LogP contribution in [0.4, 0.5) is 4.79 Å². The number of aromatic nitrogens is 2. The Bertz CT molecular complexity index is 620. The molecule has 2 N–H and O–H groups in total. The molecule has 1 rings (SSSR count). The summed E-state index contributed by atoms with van der Waals surface area (Å²) in [6.07, 6.45) is 4.03. The summed E-state index contributed by atoms with van der Waals surface area (Å²) < 4.78 is 17.1. The first-order valence-electron chi connectivity index (χ1n) is 8.15. The smallest absolute Gasteiger partial charge is 0.404 e. The van der Waals surface area contributed by atoms with E-state index in [9.17, 15) is 9.59 Å². The van der Waals surface area contributed by atoms with E-state index in [1.54, 1.807) is 19.2 Å². The van der Waals surface area contributed by atoms with Crippen molar-refractivity contribution < 1.29 is 23.8 Å². The van der Waals surface area contributed by atoms with Gasteiger partial charge in [0.05, 0.1) is 19.4 Å². The van der Waals surface area contributed by atoms with Gasteiger partial charge in [0.2, 0.25) is 5.88 Å². The molecule has 1 heterocycles. The van der Waals surface area contributed by atoms with Gasteiger partial charge in [-0.3, -0.25) is 0 Å². The molecule has 0 aliphatic heterocycles. The molecule has 0 aliphatic rings. The molecular weight excluding hydrogens is 326 g/mol. The fraction of sp³-hybridized carbons (Fsp3) is 0.588. The van der Waals surface area contributed by atoms with E-state index < -0.39 is 17.5 Å². The standard InChI is InChI=1S/C17H27N3O5/c1-6-23-15(21)13-9-19-20(14(13)24-10-12(2)3)8-7-17(4,5)11-25-16(18)22/h7-9,12H,6,10-11H2,1-5H3,(H2,18,22). The van der Waals surface area contributed by atoms with E-state index in [0.717, 1.165) is 0 Å². The number of nitrogens with zero attached hydrogens (tertiary/aromatic N) is 2. The lowest BCUT2D eigenvalue weighted by Crippen LogP contribution is -2.23. The van der Waals surface area contributed by atoms with Crippen molar-refractivity contribution in [1.82, 2.24) is 9.78 Å². The molecule has 0 aliphatic carbocycles. The largest absolute Gasteiger partial charge is 0.477 e. The average molecular weight is 353 g/mol. The molecule has 1 aromatic heterocycles. The lowest BCUT2D eigenvalue weighted by molar-refractivity contribution is 0.0520. The third-order valence-corrected chi connectivity index (χ3v) is 3.05. The first-order chi connectivity index (χ1) is 11.7. The van der Waals surface area contributed by atoms with E-state index in [1.807, 2.05) is 27.7 Å². The highest BCUT2D eigenvalue weighted by Gasteiger charge is 2.21. The van der Waals surface area contributed by atoms with Crippen LogP contribution in [-0.2, 0) is 9.47 Å². The summed E-state index contributed by atoms with van der Waals surface area (Å²) in [4.78, 5) is 22.8. The van der Waals surface area contributed by atoms with Crippen molar-refractivity contribution in [1.29, 1.82) is 0 Å². The lowest BCUT2D eigenvalue weighted by Gasteiger charge is -2.19. The fourth-order valence-electron chi connectivity index (χ4n) is 1.77. The van der Waals surface area contributed by atoms with E-state index >= 15 is 0 Å². The van der Waals surface area contributed by atoms with Gasteiger partial charge in [-0.15, -0.1) is 0 Å². The number of hydrogen-bond donors (Lipinski definition) is 1. The molecular formula is C17H27N3O5. The number of nitrogens with two attached hydrogens (primary N) is 1. The monoisotopic (exact) mass is 353 g/mol. The van der Waals surface area contributed by atoms with Crippen LogP contribution in [0.15, 0.2) is 12.3 Å². The molecule has 1 amide bonds. The van der Waals surface area contributed by atoms with Crippen LogP contribution in [0.1, 0.15) is 45.0 Å². The summed E-state index contributed by atoms with van der Waals surface area (Å²) in [5.74, 6) is 0.107. The molecule has 0 bridgehead atoms. The predicted octanol–water partition coefficient (Wildman–Crippen LogP) is 2.69. The second-order valence-electron chi connectivity index (χ2n) is 6.65. The Kier molecular flexibility index (Phi) is 7.47. The summed E-state index contributed by atoms with van der Waals surface area (Å²) in [5.41, 5.74) is 4.78. The Morgan fingerprint density at radius 3 is 2.60 bits per heavy atom. The highest BCUT2D eigenvalue weighted by atomic mass is 16.5. The minimum Gasteiger partial charge on any atom is -0.477 e. The Balaban J connectivity index is 3.02. The average Bonchev–Trinajstić information content (AvgIpc) is 2.92. The summed E-state index contributed by atoms with van der Waals surface area (Å²) in [6, 6.07) is 0. The number of esters is 1. The number of ether oxygens (including phenoxy) is 3. The number of hydrogen-bond acceptors (Lipinski definition) is 6. The maximum atomic E-state index is 12.1. The molecule has 0 spiro atoms. The zero-order chi connectivity index (χ0) is 19.0. The Labute approximate surface area is 147 Å². The first kappa shape index (κ1) is 20.5. The Morgan fingerprint density at radius 2 is 2.04 bits per heavy atom. The van der Waals surface area contributed by atoms with Gasteiger partial charge in [0, 0.05) is 11.6 Å². The highest BCUT2D eigenvalue weighted by Crippen LogP contribution is 2.23. The second kappa shape index (κ2) is 9.10. The SMILES string of the molecule is CCOC(=O)c1cnn(C=CC(C)(C)COC(N)=O)c1OCC(C)C. The van der Waals surface area contributed by atoms with Crippen LogP contribution in [0.3, 0.4) is 0 Å². The van der Waals surface area contributed by atoms with Crippen molar-refractivity contribution in [3.05, 3.63) is 17.8 Å². The minimum absolute atomic E-state index is 0.118. The van der Waals surface area contributed by atoms with Gasteiger partial charge in [-0.2, -0.15) is 5.10 Å². The van der Waals surface area contributed by atoms with E-state index in [-0.39, 0.29) is 24.7 Å². The van der Waals surface area contributed by atoms with Gasteiger partial charge in [-0.1, -0.05) is 33.8 Å². The van der Waals surface area contributed by atoms with Crippen LogP contribution < -0.4 is 10.5 Å². The molecule has 0 aromatic carbocycles. The normalized spacial score (nSPS) is 11.8. The number of carbonyl (C=O) groups excluding carboxylic acids is 2. The topological polar surface area (TPSA) is 106 Å². The Morgan fingerprint density at radius 1 is 1.36 bits per heavy atom. The summed E-state index contributed by atoms with van der Waals surface area (Å²) in [5, 5.41) is 4.17. The first-order valence-corrected chi connectivity index (χ1v) is 8.15. The quantitative estimate of drug-likeness (QED) is 0.684. The third kappa shape index (κ3) is 6.86. The van der Waals surface area contributed by atoms with E-state index in [2.05, 4.69) is 5.10 Å². The van der Waals surface area contributed by atoms with Crippen molar-refractivity contribution in [2.24, 2.45) is 17.1 Å². The summed E-state index contributed by atoms with van der Waals surface area (Å²) in [6.45, 7) is 10.3. The molecule has 25 heavy (non-hydrogen) atoms. The van der Waals surface area contributed by atoms with Crippen LogP contribution in [0, 0.1) is 11.3 Å². The molecule has 1 aromatic rings. The van der Waals surface area contributed by atoms with Crippen LogP contribution in [0.25, 0.3) is 6.20 Å². The maximum absolute atomic E-state index is 12.1. The lowest BCUT2D eigenvalue weighted by atomic mass is 9.95. The molecule has 0 unspecified atom stereocenters. The van der Waals surface area contributed by atoms with Gasteiger partial charge in [-0.05, 0) is 12.8 Å². The van der Waals surface area contributed by atoms with Crippen molar-refractivity contribution in [3.8, 4) is 5.88 Å². The zero-order valence-electron chi connectivity index (χ0n) is 15.4. The van der Waals surface area contributed by atoms with E-state index in [0.29, 0.717) is 12.5 Å². The predicted molar refractivity (Wildman–Crippen MR) is 93.2 cm³/mol. The van der Waals surface area contributed by atoms with E-state index in [1.165, 1.54) is 10.9 Å². The fourth-order valence-corrected chi connectivity index (χ4v) is 1.77. The van der Waals surface area contributed by atoms with Gasteiger partial charge in [0.15, 0.2) is 0 Å². The van der Waals surface area contributed by atoms with Crippen molar-refractivity contribution in [3.63, 3.8) is 0 Å². The van der Waals surface area contributed by atoms with Crippen molar-refractivity contribution in [2.75, 3.05) is 19.8 Å². The van der Waals surface area contributed by atoms with Crippen molar-refractivity contribution >= 4 is 18.3 Å². The Hall–Kier alpha value is -2.51. The van der Waals surface area contributed by atoms with Crippen LogP contribution in [-0.4, -0.2) is 41.7 Å². The van der Waals surface area contributed by atoms with Crippen LogP contribution in [0.2, 0.25) is 0 Å². The number of amides is 1. The van der Waals surface area contributed by atoms with Crippen molar-refractivity contribution in [2.45, 2.75) is 34.6 Å². The highest BCUT2D eigenvalue weighted by molar-refractivity contribution is 5.92. The van der Waals surface area contributed by atoms with Gasteiger partial charge in [0.1, 0.15) is 12.2 Å². The molecule has 0 saturated heterocycles. The van der Waals surface area contributed by atoms with Gasteiger partial charge in [-0.25, -0.2) is 14.3 Å². The number of carbonyl (C=O) groups is 2. The molecule has 8 heteroatoms. The molecule has 140 valence electrons. The zero-order valence-corrected chi connectivity index (χ0v) is 15.4. The van der Waals surface area contributed by atoms with Gasteiger partial charge < -0.3 is 19.9 Å². The van der Waals surface area contributed by atoms with Crippen LogP contribution >= 0.6 is 0 Å². The minimum atomic E-state index is -0.828. The molecule has 8 nitrogen and oxygen atoms in total. The van der Waals surface area contributed by atoms with E-state index in [4.69, 9.17) is 19.9 Å². The third-order valence-electron chi connectivity index (χ3n) is 3.05. The molecule has 0 atom stereocenters. The van der Waals surface area contributed by atoms with Gasteiger partial charge >= 0.3 is 12.1 Å². The summed E-state index contributed by atoms with van der Waals surface area (Å²) >= 11 is 0. The second-order valence-corrected chi connectivity index (χ2v) is 6.65. The molecule has 0 radical (unpaired) electrons. The molecule has 0 fully saturated rings. The van der Waals surface area contributed by atoms with Crippen LogP contribution in [0.5, 0.6) is 5.88 Å². The molecule has 0 saturated carbocycles. The number of primary amides is 1.